The van der Waals surface area contributed by atoms with Gasteiger partial charge in [-0.2, -0.15) is 0 Å². The van der Waals surface area contributed by atoms with E-state index >= 15 is 0 Å². The summed E-state index contributed by atoms with van der Waals surface area (Å²) in [5.74, 6) is 1.42. The average Bonchev–Trinajstić information content (AvgIpc) is 3.34. The van der Waals surface area contributed by atoms with E-state index in [0.717, 1.165) is 24.2 Å². The molecule has 0 saturated heterocycles. The first-order valence-corrected chi connectivity index (χ1v) is 7.76. The fourth-order valence-electron chi connectivity index (χ4n) is 2.23. The summed E-state index contributed by atoms with van der Waals surface area (Å²) in [7, 11) is 0. The Kier molecular flexibility index (Phi) is 4.09. The maximum atomic E-state index is 11.7. The van der Waals surface area contributed by atoms with Crippen molar-refractivity contribution in [1.29, 1.82) is 0 Å². The molecular formula is C18H21N3O. The number of amides is 1. The van der Waals surface area contributed by atoms with Crippen LogP contribution in [0.15, 0.2) is 42.6 Å². The van der Waals surface area contributed by atoms with E-state index in [1.54, 1.807) is 6.20 Å². The van der Waals surface area contributed by atoms with Gasteiger partial charge in [-0.1, -0.05) is 26.0 Å². The Bertz CT molecular complexity index is 643. The first-order chi connectivity index (χ1) is 10.6. The molecule has 114 valence electrons. The number of rotatable bonds is 5. The quantitative estimate of drug-likeness (QED) is 0.864. The van der Waals surface area contributed by atoms with Gasteiger partial charge in [0.1, 0.15) is 5.82 Å². The van der Waals surface area contributed by atoms with Crippen LogP contribution in [0.4, 0.5) is 17.2 Å². The van der Waals surface area contributed by atoms with Crippen molar-refractivity contribution in [2.45, 2.75) is 32.6 Å². The van der Waals surface area contributed by atoms with Gasteiger partial charge in [0.2, 0.25) is 5.91 Å². The lowest BCUT2D eigenvalue weighted by atomic mass is 10.0. The van der Waals surface area contributed by atoms with Crippen molar-refractivity contribution in [2.75, 3.05) is 10.6 Å². The second-order valence-electron chi connectivity index (χ2n) is 6.10. The fourth-order valence-corrected chi connectivity index (χ4v) is 2.23. The minimum Gasteiger partial charge on any atom is -0.354 e. The summed E-state index contributed by atoms with van der Waals surface area (Å²) in [6.07, 6.45) is 3.73. The van der Waals surface area contributed by atoms with E-state index in [0.29, 0.717) is 11.7 Å². The van der Waals surface area contributed by atoms with Crippen LogP contribution in [-0.2, 0) is 4.79 Å². The molecular weight excluding hydrogens is 274 g/mol. The van der Waals surface area contributed by atoms with Crippen LogP contribution >= 0.6 is 0 Å². The maximum absolute atomic E-state index is 11.7. The minimum atomic E-state index is 0.0810. The summed E-state index contributed by atoms with van der Waals surface area (Å²) in [6, 6.07) is 12.1. The lowest BCUT2D eigenvalue weighted by molar-refractivity contribution is -0.117. The van der Waals surface area contributed by atoms with Gasteiger partial charge in [-0.15, -0.1) is 0 Å². The molecule has 3 rings (SSSR count). The van der Waals surface area contributed by atoms with Crippen molar-refractivity contribution in [2.24, 2.45) is 5.92 Å². The molecule has 0 aliphatic heterocycles. The van der Waals surface area contributed by atoms with E-state index in [9.17, 15) is 4.79 Å². The van der Waals surface area contributed by atoms with Crippen LogP contribution in [-0.4, -0.2) is 10.9 Å². The van der Waals surface area contributed by atoms with Crippen LogP contribution in [0.2, 0.25) is 0 Å². The Morgan fingerprint density at radius 1 is 1.09 bits per heavy atom. The number of nitrogens with one attached hydrogen (secondary N) is 2. The second-order valence-corrected chi connectivity index (χ2v) is 6.10. The largest absolute Gasteiger partial charge is 0.354 e. The Balaban J connectivity index is 1.61. The second kappa shape index (κ2) is 6.18. The molecule has 1 amide bonds. The van der Waals surface area contributed by atoms with E-state index in [2.05, 4.69) is 53.7 Å². The zero-order chi connectivity index (χ0) is 15.5. The molecule has 2 aromatic rings. The number of aromatic nitrogens is 1. The third-order valence-corrected chi connectivity index (χ3v) is 3.83. The number of benzene rings is 1. The number of pyridine rings is 1. The van der Waals surface area contributed by atoms with Crippen molar-refractivity contribution in [3.8, 4) is 0 Å². The molecule has 22 heavy (non-hydrogen) atoms. The van der Waals surface area contributed by atoms with Crippen LogP contribution in [0.5, 0.6) is 0 Å². The smallest absolute Gasteiger partial charge is 0.228 e. The first kappa shape index (κ1) is 14.6. The van der Waals surface area contributed by atoms with E-state index in [1.165, 1.54) is 5.56 Å². The van der Waals surface area contributed by atoms with Gasteiger partial charge in [0.25, 0.3) is 0 Å². The number of carbonyl (C=O) groups excluding carboxylic acids is 1. The molecule has 0 atom stereocenters. The van der Waals surface area contributed by atoms with Gasteiger partial charge in [0, 0.05) is 11.6 Å². The topological polar surface area (TPSA) is 54.0 Å². The first-order valence-electron chi connectivity index (χ1n) is 7.76. The van der Waals surface area contributed by atoms with Crippen molar-refractivity contribution in [3.05, 3.63) is 48.2 Å². The number of anilines is 3. The third kappa shape index (κ3) is 3.64. The SMILES string of the molecule is CC(C)c1ccc(Nc2ccc(NC(=O)C3CC3)nc2)cc1. The molecule has 0 spiro atoms. The average molecular weight is 295 g/mol. The molecule has 4 heteroatoms. The molecule has 2 N–H and O–H groups in total. The van der Waals surface area contributed by atoms with Gasteiger partial charge in [-0.25, -0.2) is 4.98 Å². The lowest BCUT2D eigenvalue weighted by Gasteiger charge is -2.10. The number of nitrogens with zero attached hydrogens (tertiary/aromatic N) is 1. The van der Waals surface area contributed by atoms with Gasteiger partial charge >= 0.3 is 0 Å². The summed E-state index contributed by atoms with van der Waals surface area (Å²) in [6.45, 7) is 4.36. The zero-order valence-electron chi connectivity index (χ0n) is 13.0. The Morgan fingerprint density at radius 3 is 2.32 bits per heavy atom. The Hall–Kier alpha value is -2.36. The van der Waals surface area contributed by atoms with Gasteiger partial charge in [-0.05, 0) is 48.6 Å². The van der Waals surface area contributed by atoms with Crippen LogP contribution < -0.4 is 10.6 Å². The highest BCUT2D eigenvalue weighted by atomic mass is 16.2. The molecule has 0 unspecified atom stereocenters. The Morgan fingerprint density at radius 2 is 1.77 bits per heavy atom. The molecule has 4 nitrogen and oxygen atoms in total. The maximum Gasteiger partial charge on any atom is 0.228 e. The molecule has 1 aromatic carbocycles. The monoisotopic (exact) mass is 295 g/mol. The summed E-state index contributed by atoms with van der Waals surface area (Å²) in [5.41, 5.74) is 3.25. The van der Waals surface area contributed by atoms with E-state index in [4.69, 9.17) is 0 Å². The third-order valence-electron chi connectivity index (χ3n) is 3.83. The van der Waals surface area contributed by atoms with Crippen molar-refractivity contribution < 1.29 is 4.79 Å². The van der Waals surface area contributed by atoms with Crippen LogP contribution in [0.1, 0.15) is 38.2 Å². The fraction of sp³-hybridized carbons (Fsp3) is 0.333. The molecule has 1 aliphatic rings. The highest BCUT2D eigenvalue weighted by molar-refractivity contribution is 5.93. The summed E-state index contributed by atoms with van der Waals surface area (Å²) < 4.78 is 0. The molecule has 1 aromatic heterocycles. The molecule has 1 aliphatic carbocycles. The van der Waals surface area contributed by atoms with Crippen molar-refractivity contribution >= 4 is 23.1 Å². The van der Waals surface area contributed by atoms with Crippen LogP contribution in [0.25, 0.3) is 0 Å². The standard InChI is InChI=1S/C18H21N3O/c1-12(2)13-5-7-15(8-6-13)20-16-9-10-17(19-11-16)21-18(22)14-3-4-14/h5-12,14,20H,3-4H2,1-2H3,(H,19,21,22). The zero-order valence-corrected chi connectivity index (χ0v) is 13.0. The Labute approximate surface area is 131 Å². The number of hydrogen-bond acceptors (Lipinski definition) is 3. The van der Waals surface area contributed by atoms with E-state index in [-0.39, 0.29) is 11.8 Å². The van der Waals surface area contributed by atoms with Crippen molar-refractivity contribution in [3.63, 3.8) is 0 Å². The van der Waals surface area contributed by atoms with Gasteiger partial charge < -0.3 is 10.6 Å². The summed E-state index contributed by atoms with van der Waals surface area (Å²) in [4.78, 5) is 15.9. The highest BCUT2D eigenvalue weighted by Gasteiger charge is 2.29. The van der Waals surface area contributed by atoms with E-state index in [1.807, 2.05) is 12.1 Å². The molecule has 1 saturated carbocycles. The molecule has 0 radical (unpaired) electrons. The van der Waals surface area contributed by atoms with E-state index < -0.39 is 0 Å². The van der Waals surface area contributed by atoms with Gasteiger partial charge in [-0.3, -0.25) is 4.79 Å². The molecule has 1 heterocycles. The van der Waals surface area contributed by atoms with Gasteiger partial charge in [0.05, 0.1) is 11.9 Å². The normalized spacial score (nSPS) is 14.0. The molecule has 0 bridgehead atoms. The summed E-state index contributed by atoms with van der Waals surface area (Å²) >= 11 is 0. The van der Waals surface area contributed by atoms with Crippen LogP contribution in [0.3, 0.4) is 0 Å². The minimum absolute atomic E-state index is 0.0810. The van der Waals surface area contributed by atoms with Gasteiger partial charge in [0.15, 0.2) is 0 Å². The molecule has 1 fully saturated rings. The summed E-state index contributed by atoms with van der Waals surface area (Å²) in [5, 5.41) is 6.15. The van der Waals surface area contributed by atoms with Crippen molar-refractivity contribution in [1.82, 2.24) is 4.98 Å². The number of hydrogen-bond donors (Lipinski definition) is 2. The highest BCUT2D eigenvalue weighted by Crippen LogP contribution is 2.30. The number of carbonyl (C=O) groups is 1. The predicted octanol–water partition coefficient (Wildman–Crippen LogP) is 4.30. The predicted molar refractivity (Wildman–Crippen MR) is 89.4 cm³/mol. The van der Waals surface area contributed by atoms with Crippen LogP contribution in [0, 0.1) is 5.92 Å². The lowest BCUT2D eigenvalue weighted by Crippen LogP contribution is -2.14.